The highest BCUT2D eigenvalue weighted by molar-refractivity contribution is 7.98. The maximum Gasteiger partial charge on any atom is 0.253 e. The summed E-state index contributed by atoms with van der Waals surface area (Å²) in [6, 6.07) is 16.1. The number of carbonyl (C=O) groups is 1. The summed E-state index contributed by atoms with van der Waals surface area (Å²) in [6.07, 6.45) is 3.01. The van der Waals surface area contributed by atoms with E-state index in [-0.39, 0.29) is 11.7 Å². The third-order valence-corrected chi connectivity index (χ3v) is 6.51. The van der Waals surface area contributed by atoms with Crippen LogP contribution >= 0.6 is 23.4 Å². The molecular weight excluding hydrogens is 416 g/mol. The number of aromatic nitrogens is 4. The van der Waals surface area contributed by atoms with Crippen molar-refractivity contribution in [3.8, 4) is 0 Å². The number of Topliss-reactive ketones (excluding diaryl/α,β-unsaturated/α-hetero) is 1. The Bertz CT molecular complexity index is 1250. The monoisotopic (exact) mass is 434 g/mol. The number of hydrogen-bond acceptors (Lipinski definition) is 5. The average Bonchev–Trinajstić information content (AvgIpc) is 3.13. The molecule has 4 aromatic rings. The number of hydrogen-bond donors (Lipinski definition) is 0. The molecular formula is C23H19ClN4OS. The topological polar surface area (TPSA) is 60.2 Å². The molecule has 7 heteroatoms. The number of benzene rings is 2. The number of thioether (sulfide) groups is 1. The van der Waals surface area contributed by atoms with Crippen molar-refractivity contribution in [2.75, 3.05) is 0 Å². The van der Waals surface area contributed by atoms with Gasteiger partial charge in [0.2, 0.25) is 5.16 Å². The van der Waals surface area contributed by atoms with Crippen LogP contribution in [0.25, 0.3) is 5.78 Å². The lowest BCUT2D eigenvalue weighted by Crippen LogP contribution is -2.21. The minimum absolute atomic E-state index is 0.111. The first-order valence-corrected chi connectivity index (χ1v) is 11.1. The summed E-state index contributed by atoms with van der Waals surface area (Å²) in [5, 5.41) is 5.85. The van der Waals surface area contributed by atoms with E-state index in [1.54, 1.807) is 10.7 Å². The summed E-state index contributed by atoms with van der Waals surface area (Å²) in [5.41, 5.74) is 4.97. The second-order valence-electron chi connectivity index (χ2n) is 7.60. The summed E-state index contributed by atoms with van der Waals surface area (Å²) in [6.45, 7) is 2.07. The fourth-order valence-corrected chi connectivity index (χ4v) is 4.75. The van der Waals surface area contributed by atoms with Gasteiger partial charge in [0.1, 0.15) is 0 Å². The molecule has 2 heterocycles. The fourth-order valence-electron chi connectivity index (χ4n) is 3.77. The van der Waals surface area contributed by atoms with Gasteiger partial charge in [0.25, 0.3) is 5.78 Å². The van der Waals surface area contributed by atoms with Gasteiger partial charge in [0, 0.05) is 23.4 Å². The third kappa shape index (κ3) is 3.85. The van der Waals surface area contributed by atoms with Crippen molar-refractivity contribution in [1.29, 1.82) is 0 Å². The van der Waals surface area contributed by atoms with E-state index in [2.05, 4.69) is 46.3 Å². The number of aryl methyl sites for hydroxylation is 1. The molecule has 5 nitrogen and oxygen atoms in total. The van der Waals surface area contributed by atoms with Gasteiger partial charge in [0.15, 0.2) is 5.78 Å². The quantitative estimate of drug-likeness (QED) is 0.408. The number of ketones is 1. The van der Waals surface area contributed by atoms with Crippen LogP contribution in [0.5, 0.6) is 0 Å². The number of rotatable bonds is 4. The van der Waals surface area contributed by atoms with Gasteiger partial charge in [-0.2, -0.15) is 4.98 Å². The predicted octanol–water partition coefficient (Wildman–Crippen LogP) is 5.29. The molecule has 30 heavy (non-hydrogen) atoms. The molecule has 0 radical (unpaired) electrons. The van der Waals surface area contributed by atoms with Gasteiger partial charge in [0.05, 0.1) is 11.3 Å². The highest BCUT2D eigenvalue weighted by Crippen LogP contribution is 2.32. The molecule has 0 amide bonds. The van der Waals surface area contributed by atoms with Crippen molar-refractivity contribution in [3.05, 3.63) is 87.7 Å². The SMILES string of the molecule is Cc1ccc(C2CC(=O)c3cn4nc(SCc5cccc(Cl)c5)nc4nc3C2)cc1. The molecule has 150 valence electrons. The van der Waals surface area contributed by atoms with E-state index >= 15 is 0 Å². The van der Waals surface area contributed by atoms with E-state index in [0.717, 1.165) is 17.7 Å². The van der Waals surface area contributed by atoms with Crippen LogP contribution in [0.2, 0.25) is 5.02 Å². The maximum absolute atomic E-state index is 12.8. The molecule has 1 unspecified atom stereocenters. The molecule has 0 aliphatic heterocycles. The van der Waals surface area contributed by atoms with Gasteiger partial charge in [-0.25, -0.2) is 9.50 Å². The zero-order chi connectivity index (χ0) is 20.7. The average molecular weight is 435 g/mol. The van der Waals surface area contributed by atoms with Crippen molar-refractivity contribution >= 4 is 34.9 Å². The van der Waals surface area contributed by atoms with E-state index in [9.17, 15) is 4.79 Å². The Morgan fingerprint density at radius 2 is 1.97 bits per heavy atom. The first-order valence-electron chi connectivity index (χ1n) is 9.78. The molecule has 0 spiro atoms. The van der Waals surface area contributed by atoms with Crippen molar-refractivity contribution < 1.29 is 4.79 Å². The lowest BCUT2D eigenvalue weighted by atomic mass is 9.82. The highest BCUT2D eigenvalue weighted by Gasteiger charge is 2.28. The van der Waals surface area contributed by atoms with E-state index < -0.39 is 0 Å². The molecule has 0 bridgehead atoms. The van der Waals surface area contributed by atoms with E-state index in [1.165, 1.54) is 22.9 Å². The van der Waals surface area contributed by atoms with Gasteiger partial charge in [-0.1, -0.05) is 65.3 Å². The molecule has 1 aliphatic carbocycles. The van der Waals surface area contributed by atoms with Crippen LogP contribution in [0.4, 0.5) is 0 Å². The number of carbonyl (C=O) groups excluding carboxylic acids is 1. The van der Waals surface area contributed by atoms with Gasteiger partial charge in [-0.15, -0.1) is 5.10 Å². The smallest absolute Gasteiger partial charge is 0.253 e. The first-order chi connectivity index (χ1) is 14.5. The molecule has 2 aromatic carbocycles. The first kappa shape index (κ1) is 19.3. The van der Waals surface area contributed by atoms with E-state index in [4.69, 9.17) is 11.6 Å². The minimum Gasteiger partial charge on any atom is -0.294 e. The zero-order valence-electron chi connectivity index (χ0n) is 16.4. The Balaban J connectivity index is 1.40. The summed E-state index contributed by atoms with van der Waals surface area (Å²) >= 11 is 7.58. The standard InChI is InChI=1S/C23H19ClN4OS/c1-14-5-7-16(8-6-14)17-10-20-19(21(29)11-17)12-28-22(25-20)26-23(27-28)30-13-15-3-2-4-18(24)9-15/h2-9,12,17H,10-11,13H2,1H3. The van der Waals surface area contributed by atoms with Crippen molar-refractivity contribution in [3.63, 3.8) is 0 Å². The lowest BCUT2D eigenvalue weighted by Gasteiger charge is -2.23. The van der Waals surface area contributed by atoms with Gasteiger partial charge >= 0.3 is 0 Å². The maximum atomic E-state index is 12.8. The summed E-state index contributed by atoms with van der Waals surface area (Å²) in [7, 11) is 0. The van der Waals surface area contributed by atoms with Gasteiger partial charge in [-0.05, 0) is 42.5 Å². The van der Waals surface area contributed by atoms with Gasteiger partial charge in [-0.3, -0.25) is 4.79 Å². The van der Waals surface area contributed by atoms with Crippen LogP contribution in [0.1, 0.15) is 45.1 Å². The van der Waals surface area contributed by atoms with Crippen LogP contribution < -0.4 is 0 Å². The molecule has 1 atom stereocenters. The summed E-state index contributed by atoms with van der Waals surface area (Å²) in [4.78, 5) is 22.0. The molecule has 0 saturated heterocycles. The van der Waals surface area contributed by atoms with Crippen molar-refractivity contribution in [1.82, 2.24) is 19.6 Å². The van der Waals surface area contributed by atoms with Crippen LogP contribution in [0.3, 0.4) is 0 Å². The number of halogens is 1. The van der Waals surface area contributed by atoms with Gasteiger partial charge < -0.3 is 0 Å². The van der Waals surface area contributed by atoms with Crippen LogP contribution in [-0.2, 0) is 12.2 Å². The molecule has 0 N–H and O–H groups in total. The Kier molecular flexibility index (Phi) is 5.05. The molecule has 0 fully saturated rings. The van der Waals surface area contributed by atoms with Crippen molar-refractivity contribution in [2.45, 2.75) is 36.6 Å². The second-order valence-corrected chi connectivity index (χ2v) is 8.98. The highest BCUT2D eigenvalue weighted by atomic mass is 35.5. The van der Waals surface area contributed by atoms with Crippen molar-refractivity contribution in [2.24, 2.45) is 0 Å². The Morgan fingerprint density at radius 3 is 2.77 bits per heavy atom. The Labute approximate surface area is 183 Å². The normalized spacial score (nSPS) is 16.1. The van der Waals surface area contributed by atoms with Crippen LogP contribution in [-0.4, -0.2) is 25.4 Å². The predicted molar refractivity (Wildman–Crippen MR) is 118 cm³/mol. The van der Waals surface area contributed by atoms with Crippen LogP contribution in [0, 0.1) is 6.92 Å². The second kappa shape index (κ2) is 7.85. The molecule has 5 rings (SSSR count). The minimum atomic E-state index is 0.111. The van der Waals surface area contributed by atoms with Crippen LogP contribution in [0.15, 0.2) is 59.9 Å². The number of nitrogens with zero attached hydrogens (tertiary/aromatic N) is 4. The molecule has 0 saturated carbocycles. The van der Waals surface area contributed by atoms with E-state index in [0.29, 0.717) is 33.7 Å². The molecule has 2 aromatic heterocycles. The zero-order valence-corrected chi connectivity index (χ0v) is 18.0. The largest absolute Gasteiger partial charge is 0.294 e. The van der Waals surface area contributed by atoms with E-state index in [1.807, 2.05) is 24.3 Å². The third-order valence-electron chi connectivity index (χ3n) is 5.37. The Hall–Kier alpha value is -2.70. The number of fused-ring (bicyclic) bond motifs is 2. The lowest BCUT2D eigenvalue weighted by molar-refractivity contribution is 0.0962. The molecule has 1 aliphatic rings. The Morgan fingerprint density at radius 1 is 1.13 bits per heavy atom. The summed E-state index contributed by atoms with van der Waals surface area (Å²) in [5.74, 6) is 1.51. The summed E-state index contributed by atoms with van der Waals surface area (Å²) < 4.78 is 1.61. The fraction of sp³-hybridized carbons (Fsp3) is 0.217.